The summed E-state index contributed by atoms with van der Waals surface area (Å²) in [6.45, 7) is 7.11. The molecule has 1 aromatic carbocycles. The molecule has 1 saturated carbocycles. The van der Waals surface area contributed by atoms with Crippen molar-refractivity contribution in [2.75, 3.05) is 13.6 Å². The van der Waals surface area contributed by atoms with Crippen LogP contribution < -0.4 is 5.56 Å². The average Bonchev–Trinajstić information content (AvgIpc) is 3.16. The smallest absolute Gasteiger partial charge is 0.253 e. The Balaban J connectivity index is 1.86. The number of amides is 1. The predicted molar refractivity (Wildman–Crippen MR) is 99.9 cm³/mol. The van der Waals surface area contributed by atoms with Crippen LogP contribution in [0.1, 0.15) is 48.8 Å². The van der Waals surface area contributed by atoms with Crippen LogP contribution in [0.25, 0.3) is 0 Å². The number of nitrogens with zero attached hydrogens (tertiary/aromatic N) is 1. The second-order valence-electron chi connectivity index (χ2n) is 7.78. The highest BCUT2D eigenvalue weighted by molar-refractivity contribution is 5.94. The molecule has 132 valence electrons. The number of aromatic amines is 1. The van der Waals surface area contributed by atoms with Crippen molar-refractivity contribution in [1.82, 2.24) is 9.88 Å². The molecule has 1 fully saturated rings. The van der Waals surface area contributed by atoms with Gasteiger partial charge in [0.1, 0.15) is 0 Å². The van der Waals surface area contributed by atoms with E-state index in [0.717, 1.165) is 12.1 Å². The third-order valence-electron chi connectivity index (χ3n) is 5.62. The molecule has 0 aliphatic heterocycles. The maximum absolute atomic E-state index is 12.9. The van der Waals surface area contributed by atoms with E-state index in [2.05, 4.69) is 43.1 Å². The Morgan fingerprint density at radius 1 is 1.20 bits per heavy atom. The summed E-state index contributed by atoms with van der Waals surface area (Å²) in [5, 5.41) is 0. The van der Waals surface area contributed by atoms with E-state index in [1.54, 1.807) is 11.0 Å². The third-order valence-corrected chi connectivity index (χ3v) is 5.62. The summed E-state index contributed by atoms with van der Waals surface area (Å²) >= 11 is 0. The van der Waals surface area contributed by atoms with Gasteiger partial charge in [0.2, 0.25) is 5.56 Å². The van der Waals surface area contributed by atoms with Crippen molar-refractivity contribution in [1.29, 1.82) is 0 Å². The lowest BCUT2D eigenvalue weighted by Crippen LogP contribution is -2.37. The van der Waals surface area contributed by atoms with E-state index in [-0.39, 0.29) is 22.3 Å². The first-order valence-electron chi connectivity index (χ1n) is 8.83. The third kappa shape index (κ3) is 3.13. The van der Waals surface area contributed by atoms with Crippen molar-refractivity contribution in [2.24, 2.45) is 5.41 Å². The number of pyridine rings is 1. The topological polar surface area (TPSA) is 53.2 Å². The molecular formula is C21H26N2O2. The number of carbonyl (C=O) groups excluding carboxylic acids is 1. The van der Waals surface area contributed by atoms with E-state index in [1.807, 2.05) is 20.0 Å². The molecule has 1 aliphatic rings. The summed E-state index contributed by atoms with van der Waals surface area (Å²) in [6.07, 6.45) is 1.75. The zero-order valence-electron chi connectivity index (χ0n) is 15.4. The first-order chi connectivity index (χ1) is 11.8. The molecular weight excluding hydrogens is 312 g/mol. The Morgan fingerprint density at radius 3 is 2.40 bits per heavy atom. The minimum absolute atomic E-state index is 0.0204. The molecule has 0 bridgehead atoms. The fourth-order valence-corrected chi connectivity index (χ4v) is 3.93. The molecule has 1 atom stereocenters. The largest absolute Gasteiger partial charge is 0.341 e. The van der Waals surface area contributed by atoms with Gasteiger partial charge in [0, 0.05) is 36.3 Å². The molecule has 1 aliphatic carbocycles. The molecule has 1 heterocycles. The molecule has 0 radical (unpaired) electrons. The molecule has 0 saturated heterocycles. The number of nitrogens with one attached hydrogen (secondary N) is 1. The van der Waals surface area contributed by atoms with Crippen molar-refractivity contribution >= 4 is 5.91 Å². The molecule has 1 aromatic heterocycles. The Bertz CT molecular complexity index is 838. The minimum Gasteiger partial charge on any atom is -0.341 e. The van der Waals surface area contributed by atoms with Gasteiger partial charge in [0.15, 0.2) is 0 Å². The predicted octanol–water partition coefficient (Wildman–Crippen LogP) is 3.38. The minimum atomic E-state index is -0.222. The van der Waals surface area contributed by atoms with Crippen LogP contribution in [0.5, 0.6) is 0 Å². The number of benzene rings is 1. The van der Waals surface area contributed by atoms with Gasteiger partial charge in [0.25, 0.3) is 5.91 Å². The van der Waals surface area contributed by atoms with Crippen LogP contribution >= 0.6 is 0 Å². The zero-order valence-corrected chi connectivity index (χ0v) is 15.4. The van der Waals surface area contributed by atoms with Crippen molar-refractivity contribution < 1.29 is 4.79 Å². The summed E-state index contributed by atoms with van der Waals surface area (Å²) in [6, 6.07) is 13.6. The number of aromatic nitrogens is 1. The van der Waals surface area contributed by atoms with E-state index < -0.39 is 0 Å². The number of hydrogen-bond donors (Lipinski definition) is 1. The van der Waals surface area contributed by atoms with Crippen LogP contribution in [0.3, 0.4) is 0 Å². The van der Waals surface area contributed by atoms with Crippen LogP contribution in [0.2, 0.25) is 0 Å². The van der Waals surface area contributed by atoms with Crippen molar-refractivity contribution in [3.63, 3.8) is 0 Å². The van der Waals surface area contributed by atoms with Crippen LogP contribution in [-0.2, 0) is 11.8 Å². The molecule has 4 nitrogen and oxygen atoms in total. The van der Waals surface area contributed by atoms with Crippen molar-refractivity contribution in [2.45, 2.75) is 39.0 Å². The van der Waals surface area contributed by atoms with Gasteiger partial charge < -0.3 is 9.88 Å². The monoisotopic (exact) mass is 338 g/mol. The van der Waals surface area contributed by atoms with Crippen LogP contribution in [-0.4, -0.2) is 29.4 Å². The Kier molecular flexibility index (Phi) is 4.31. The number of rotatable bonds is 5. The standard InChI is InChI=1S/C21H26N2O2/c1-5-17-11-15(12-18(24)22-17)19(25)23(4)14-21(13-20(21,2)3)16-9-7-6-8-10-16/h6-12H,5,13-14H2,1-4H3,(H,22,24)/t21-/m0/s1. The normalized spacial score (nSPS) is 21.0. The van der Waals surface area contributed by atoms with Crippen LogP contribution in [0, 0.1) is 5.41 Å². The average molecular weight is 338 g/mol. The first kappa shape index (κ1) is 17.5. The lowest BCUT2D eigenvalue weighted by molar-refractivity contribution is 0.0774. The van der Waals surface area contributed by atoms with Gasteiger partial charge in [-0.25, -0.2) is 0 Å². The molecule has 1 amide bonds. The highest BCUT2D eigenvalue weighted by atomic mass is 16.2. The lowest BCUT2D eigenvalue weighted by atomic mass is 9.87. The lowest BCUT2D eigenvalue weighted by Gasteiger charge is -2.28. The highest BCUT2D eigenvalue weighted by Gasteiger charge is 2.62. The fourth-order valence-electron chi connectivity index (χ4n) is 3.93. The Hall–Kier alpha value is -2.36. The van der Waals surface area contributed by atoms with E-state index in [1.165, 1.54) is 11.6 Å². The number of aryl methyl sites for hydroxylation is 1. The zero-order chi connectivity index (χ0) is 18.2. The Morgan fingerprint density at radius 2 is 1.84 bits per heavy atom. The summed E-state index contributed by atoms with van der Waals surface area (Å²) in [5.74, 6) is -0.0983. The molecule has 4 heteroatoms. The highest BCUT2D eigenvalue weighted by Crippen LogP contribution is 2.64. The molecule has 0 spiro atoms. The summed E-state index contributed by atoms with van der Waals surface area (Å²) in [5.41, 5.74) is 2.44. The number of carbonyl (C=O) groups is 1. The van der Waals surface area contributed by atoms with E-state index in [9.17, 15) is 9.59 Å². The molecule has 25 heavy (non-hydrogen) atoms. The van der Waals surface area contributed by atoms with Gasteiger partial charge in [-0.15, -0.1) is 0 Å². The molecule has 2 aromatic rings. The fraction of sp³-hybridized carbons (Fsp3) is 0.429. The van der Waals surface area contributed by atoms with Crippen molar-refractivity contribution in [3.05, 3.63) is 69.6 Å². The maximum Gasteiger partial charge on any atom is 0.253 e. The summed E-state index contributed by atoms with van der Waals surface area (Å²) < 4.78 is 0. The van der Waals surface area contributed by atoms with Gasteiger partial charge in [0.05, 0.1) is 0 Å². The van der Waals surface area contributed by atoms with E-state index in [0.29, 0.717) is 18.5 Å². The second-order valence-corrected chi connectivity index (χ2v) is 7.78. The van der Waals surface area contributed by atoms with Crippen LogP contribution in [0.4, 0.5) is 0 Å². The number of H-pyrrole nitrogens is 1. The second kappa shape index (κ2) is 6.17. The summed E-state index contributed by atoms with van der Waals surface area (Å²) in [7, 11) is 1.83. The molecule has 3 rings (SSSR count). The molecule has 0 unspecified atom stereocenters. The van der Waals surface area contributed by atoms with Gasteiger partial charge >= 0.3 is 0 Å². The number of hydrogen-bond acceptors (Lipinski definition) is 2. The molecule has 1 N–H and O–H groups in total. The first-order valence-corrected chi connectivity index (χ1v) is 8.83. The SMILES string of the molecule is CCc1cc(C(=O)N(C)C[C@]2(c3ccccc3)CC2(C)C)cc(=O)[nH]1. The summed E-state index contributed by atoms with van der Waals surface area (Å²) in [4.78, 5) is 29.2. The van der Waals surface area contributed by atoms with Crippen molar-refractivity contribution in [3.8, 4) is 0 Å². The van der Waals surface area contributed by atoms with Crippen LogP contribution in [0.15, 0.2) is 47.3 Å². The van der Waals surface area contributed by atoms with Gasteiger partial charge in [-0.2, -0.15) is 0 Å². The quantitative estimate of drug-likeness (QED) is 0.909. The van der Waals surface area contributed by atoms with E-state index in [4.69, 9.17) is 0 Å². The Labute approximate surface area is 148 Å². The maximum atomic E-state index is 12.9. The van der Waals surface area contributed by atoms with Gasteiger partial charge in [-0.1, -0.05) is 51.1 Å². The van der Waals surface area contributed by atoms with Gasteiger partial charge in [-0.3, -0.25) is 9.59 Å². The number of likely N-dealkylation sites (N-methyl/N-ethyl adjacent to an activating group) is 1. The van der Waals surface area contributed by atoms with Gasteiger partial charge in [-0.05, 0) is 29.9 Å². The van der Waals surface area contributed by atoms with E-state index >= 15 is 0 Å².